The number of hydrogen-bond donors (Lipinski definition) is 0. The Morgan fingerprint density at radius 2 is 1.95 bits per heavy atom. The molecule has 0 N–H and O–H groups in total. The van der Waals surface area contributed by atoms with Crippen molar-refractivity contribution in [3.05, 3.63) is 29.8 Å². The maximum Gasteiger partial charge on any atom is 0.328 e. The fraction of sp³-hybridized carbons (Fsp3) is 0.500. The van der Waals surface area contributed by atoms with Gasteiger partial charge in [-0.15, -0.1) is 0 Å². The van der Waals surface area contributed by atoms with Crippen LogP contribution in [0.4, 0.5) is 0 Å². The molecule has 1 unspecified atom stereocenters. The standard InChI is InChI=1S/C16H21NO4/c1-20-13-8-5-12(6-9-13)7-10-15(18)17-11-3-4-14(17)16(19)21-2/h5-6,8-9,14H,3-4,7,10-11H2,1-2H3. The van der Waals surface area contributed by atoms with E-state index in [-0.39, 0.29) is 11.9 Å². The van der Waals surface area contributed by atoms with E-state index in [2.05, 4.69) is 0 Å². The van der Waals surface area contributed by atoms with Crippen molar-refractivity contribution < 1.29 is 19.1 Å². The molecule has 1 fully saturated rings. The van der Waals surface area contributed by atoms with Crippen molar-refractivity contribution >= 4 is 11.9 Å². The molecule has 114 valence electrons. The van der Waals surface area contributed by atoms with Crippen molar-refractivity contribution in [1.82, 2.24) is 4.90 Å². The monoisotopic (exact) mass is 291 g/mol. The molecule has 1 saturated heterocycles. The molecule has 1 heterocycles. The maximum atomic E-state index is 12.3. The number of esters is 1. The molecule has 1 amide bonds. The van der Waals surface area contributed by atoms with Gasteiger partial charge >= 0.3 is 5.97 Å². The largest absolute Gasteiger partial charge is 0.497 e. The second-order valence-corrected chi connectivity index (χ2v) is 5.12. The molecule has 0 aliphatic carbocycles. The molecule has 2 rings (SSSR count). The number of amides is 1. The molecule has 1 aliphatic rings. The van der Waals surface area contributed by atoms with E-state index in [0.717, 1.165) is 17.7 Å². The quantitative estimate of drug-likeness (QED) is 0.776. The number of benzene rings is 1. The Balaban J connectivity index is 1.90. The molecule has 0 radical (unpaired) electrons. The Hall–Kier alpha value is -2.04. The van der Waals surface area contributed by atoms with Crippen LogP contribution in [0, 0.1) is 0 Å². The van der Waals surface area contributed by atoms with Crippen molar-refractivity contribution in [3.63, 3.8) is 0 Å². The van der Waals surface area contributed by atoms with Gasteiger partial charge in [0.1, 0.15) is 11.8 Å². The van der Waals surface area contributed by atoms with Gasteiger partial charge in [0.05, 0.1) is 14.2 Å². The molecule has 0 spiro atoms. The van der Waals surface area contributed by atoms with Gasteiger partial charge in [0.25, 0.3) is 0 Å². The summed E-state index contributed by atoms with van der Waals surface area (Å²) in [6, 6.07) is 7.26. The fourth-order valence-electron chi connectivity index (χ4n) is 2.63. The van der Waals surface area contributed by atoms with E-state index in [1.54, 1.807) is 12.0 Å². The van der Waals surface area contributed by atoms with Gasteiger partial charge in [0, 0.05) is 13.0 Å². The smallest absolute Gasteiger partial charge is 0.328 e. The number of likely N-dealkylation sites (tertiary alicyclic amines) is 1. The normalized spacial score (nSPS) is 17.6. The topological polar surface area (TPSA) is 55.8 Å². The van der Waals surface area contributed by atoms with Crippen molar-refractivity contribution in [2.75, 3.05) is 20.8 Å². The van der Waals surface area contributed by atoms with Gasteiger partial charge in [-0.25, -0.2) is 4.79 Å². The highest BCUT2D eigenvalue weighted by Gasteiger charge is 2.34. The number of hydrogen-bond acceptors (Lipinski definition) is 4. The zero-order valence-electron chi connectivity index (χ0n) is 12.5. The summed E-state index contributed by atoms with van der Waals surface area (Å²) in [5.41, 5.74) is 1.08. The third-order valence-electron chi connectivity index (χ3n) is 3.83. The molecular formula is C16H21NO4. The number of nitrogens with zero attached hydrogens (tertiary/aromatic N) is 1. The Labute approximate surface area is 124 Å². The van der Waals surface area contributed by atoms with Gasteiger partial charge in [0.15, 0.2) is 0 Å². The lowest BCUT2D eigenvalue weighted by atomic mass is 10.1. The first-order valence-corrected chi connectivity index (χ1v) is 7.16. The molecule has 1 aromatic rings. The molecular weight excluding hydrogens is 270 g/mol. The maximum absolute atomic E-state index is 12.3. The molecule has 0 bridgehead atoms. The molecule has 5 nitrogen and oxygen atoms in total. The average molecular weight is 291 g/mol. The predicted molar refractivity (Wildman–Crippen MR) is 78.1 cm³/mol. The van der Waals surface area contributed by atoms with Crippen LogP contribution in [-0.4, -0.2) is 43.6 Å². The van der Waals surface area contributed by atoms with Crippen LogP contribution in [0.1, 0.15) is 24.8 Å². The molecule has 1 aliphatic heterocycles. The van der Waals surface area contributed by atoms with Gasteiger partial charge in [0.2, 0.25) is 5.91 Å². The van der Waals surface area contributed by atoms with Crippen LogP contribution in [-0.2, 0) is 20.7 Å². The first kappa shape index (κ1) is 15.4. The Morgan fingerprint density at radius 1 is 1.24 bits per heavy atom. The second-order valence-electron chi connectivity index (χ2n) is 5.12. The van der Waals surface area contributed by atoms with Gasteiger partial charge in [-0.05, 0) is 37.0 Å². The summed E-state index contributed by atoms with van der Waals surface area (Å²) in [5.74, 6) is 0.499. The zero-order valence-corrected chi connectivity index (χ0v) is 12.5. The highest BCUT2D eigenvalue weighted by atomic mass is 16.5. The van der Waals surface area contributed by atoms with E-state index in [9.17, 15) is 9.59 Å². The zero-order chi connectivity index (χ0) is 15.2. The summed E-state index contributed by atoms with van der Waals surface area (Å²) in [7, 11) is 2.99. The lowest BCUT2D eigenvalue weighted by molar-refractivity contribution is -0.150. The summed E-state index contributed by atoms with van der Waals surface area (Å²) >= 11 is 0. The van der Waals surface area contributed by atoms with Gasteiger partial charge in [-0.3, -0.25) is 4.79 Å². The average Bonchev–Trinajstić information content (AvgIpc) is 3.02. The van der Waals surface area contributed by atoms with Crippen LogP contribution >= 0.6 is 0 Å². The Morgan fingerprint density at radius 3 is 2.57 bits per heavy atom. The van der Waals surface area contributed by atoms with Crippen molar-refractivity contribution in [2.45, 2.75) is 31.7 Å². The number of aryl methyl sites for hydroxylation is 1. The number of methoxy groups -OCH3 is 2. The van der Waals surface area contributed by atoms with Crippen molar-refractivity contribution in [3.8, 4) is 5.75 Å². The highest BCUT2D eigenvalue weighted by molar-refractivity contribution is 5.85. The summed E-state index contributed by atoms with van der Waals surface area (Å²) in [4.78, 5) is 25.6. The van der Waals surface area contributed by atoms with Crippen molar-refractivity contribution in [2.24, 2.45) is 0 Å². The summed E-state index contributed by atoms with van der Waals surface area (Å²) < 4.78 is 9.86. The van der Waals surface area contributed by atoms with Gasteiger partial charge in [-0.2, -0.15) is 0 Å². The molecule has 1 aromatic carbocycles. The van der Waals surface area contributed by atoms with Crippen LogP contribution < -0.4 is 4.74 Å². The van der Waals surface area contributed by atoms with Crippen molar-refractivity contribution in [1.29, 1.82) is 0 Å². The minimum Gasteiger partial charge on any atom is -0.497 e. The first-order valence-electron chi connectivity index (χ1n) is 7.16. The highest BCUT2D eigenvalue weighted by Crippen LogP contribution is 2.20. The summed E-state index contributed by atoms with van der Waals surface area (Å²) in [6.45, 7) is 0.640. The summed E-state index contributed by atoms with van der Waals surface area (Å²) in [5, 5.41) is 0. The number of rotatable bonds is 5. The molecule has 1 atom stereocenters. The van der Waals surface area contributed by atoms with Gasteiger partial charge in [-0.1, -0.05) is 12.1 Å². The lowest BCUT2D eigenvalue weighted by Gasteiger charge is -2.22. The minimum absolute atomic E-state index is 0.0127. The number of ether oxygens (including phenoxy) is 2. The van der Waals surface area contributed by atoms with E-state index < -0.39 is 6.04 Å². The Bertz CT molecular complexity index is 498. The van der Waals surface area contributed by atoms with E-state index in [1.807, 2.05) is 24.3 Å². The molecule has 0 saturated carbocycles. The number of carbonyl (C=O) groups is 2. The first-order chi connectivity index (χ1) is 10.2. The van der Waals surface area contributed by atoms with Crippen LogP contribution in [0.15, 0.2) is 24.3 Å². The summed E-state index contributed by atoms with van der Waals surface area (Å²) in [6.07, 6.45) is 2.61. The minimum atomic E-state index is -0.404. The van der Waals surface area contributed by atoms with E-state index >= 15 is 0 Å². The third kappa shape index (κ3) is 3.74. The molecule has 0 aromatic heterocycles. The van der Waals surface area contributed by atoms with Gasteiger partial charge < -0.3 is 14.4 Å². The van der Waals surface area contributed by atoms with Crippen LogP contribution in [0.3, 0.4) is 0 Å². The van der Waals surface area contributed by atoms with E-state index in [1.165, 1.54) is 7.11 Å². The second kappa shape index (κ2) is 7.11. The number of carbonyl (C=O) groups excluding carboxylic acids is 2. The fourth-order valence-corrected chi connectivity index (χ4v) is 2.63. The van der Waals surface area contributed by atoms with Crippen LogP contribution in [0.2, 0.25) is 0 Å². The lowest BCUT2D eigenvalue weighted by Crippen LogP contribution is -2.41. The predicted octanol–water partition coefficient (Wildman–Crippen LogP) is 1.79. The SMILES string of the molecule is COC(=O)C1CCCN1C(=O)CCc1ccc(OC)cc1. The van der Waals surface area contributed by atoms with Crippen LogP contribution in [0.5, 0.6) is 5.75 Å². The Kier molecular flexibility index (Phi) is 5.20. The van der Waals surface area contributed by atoms with Crippen LogP contribution in [0.25, 0.3) is 0 Å². The van der Waals surface area contributed by atoms with E-state index in [0.29, 0.717) is 25.8 Å². The molecule has 21 heavy (non-hydrogen) atoms. The third-order valence-corrected chi connectivity index (χ3v) is 3.83. The van der Waals surface area contributed by atoms with E-state index in [4.69, 9.17) is 9.47 Å². The molecule has 5 heteroatoms.